The van der Waals surface area contributed by atoms with E-state index in [1.807, 2.05) is 6.07 Å². The Morgan fingerprint density at radius 1 is 1.04 bits per heavy atom. The van der Waals surface area contributed by atoms with Crippen LogP contribution in [0.5, 0.6) is 0 Å². The number of hydrogen-bond donors (Lipinski definition) is 0. The van der Waals surface area contributed by atoms with E-state index in [1.54, 1.807) is 11.9 Å². The number of piperazine rings is 1. The summed E-state index contributed by atoms with van der Waals surface area (Å²) in [5.74, 6) is 1.31. The van der Waals surface area contributed by atoms with Crippen LogP contribution in [0.25, 0.3) is 0 Å². The summed E-state index contributed by atoms with van der Waals surface area (Å²) in [5, 5.41) is 12.7. The van der Waals surface area contributed by atoms with E-state index in [9.17, 15) is 9.59 Å². The van der Waals surface area contributed by atoms with Crippen molar-refractivity contribution in [3.05, 3.63) is 46.0 Å². The topological polar surface area (TPSA) is 84.2 Å². The lowest BCUT2D eigenvalue weighted by Gasteiger charge is -2.35. The molecule has 3 heterocycles. The minimum atomic E-state index is -0.227. The second kappa shape index (κ2) is 6.27. The molecule has 8 nitrogen and oxygen atoms in total. The van der Waals surface area contributed by atoms with E-state index in [2.05, 4.69) is 26.3 Å². The molecule has 0 aromatic carbocycles. The summed E-state index contributed by atoms with van der Waals surface area (Å²) in [4.78, 5) is 27.8. The zero-order valence-electron chi connectivity index (χ0n) is 14.1. The summed E-state index contributed by atoms with van der Waals surface area (Å²) in [5.41, 5.74) is 1.15. The van der Waals surface area contributed by atoms with Gasteiger partial charge in [-0.25, -0.2) is 4.68 Å². The van der Waals surface area contributed by atoms with Crippen molar-refractivity contribution in [2.24, 2.45) is 7.05 Å². The van der Waals surface area contributed by atoms with Crippen molar-refractivity contribution >= 4 is 11.7 Å². The van der Waals surface area contributed by atoms with Crippen LogP contribution in [-0.4, -0.2) is 57.0 Å². The number of carbonyl (C=O) groups excluding carboxylic acids is 1. The smallest absolute Gasteiger partial charge is 0.274 e. The molecule has 0 spiro atoms. The van der Waals surface area contributed by atoms with Gasteiger partial charge in [0, 0.05) is 45.2 Å². The van der Waals surface area contributed by atoms with Gasteiger partial charge in [0.1, 0.15) is 5.69 Å². The van der Waals surface area contributed by atoms with Crippen molar-refractivity contribution in [2.75, 3.05) is 31.1 Å². The fourth-order valence-electron chi connectivity index (χ4n) is 3.02. The highest BCUT2D eigenvalue weighted by atomic mass is 16.2. The van der Waals surface area contributed by atoms with E-state index in [-0.39, 0.29) is 11.5 Å². The molecular weight excluding hydrogens is 320 g/mol. The maximum atomic E-state index is 12.5. The fraction of sp³-hybridized carbons (Fsp3) is 0.471. The van der Waals surface area contributed by atoms with Crippen LogP contribution < -0.4 is 10.5 Å². The van der Waals surface area contributed by atoms with E-state index in [0.29, 0.717) is 37.8 Å². The molecule has 2 fully saturated rings. The molecule has 1 saturated heterocycles. The molecule has 2 aromatic heterocycles. The van der Waals surface area contributed by atoms with Gasteiger partial charge in [-0.2, -0.15) is 10.2 Å². The SMILES string of the molecule is Cn1nc(C(=O)N2CCN(c3ccc(C4CC4)nn3)CC2)ccc1=O. The second-order valence-electron chi connectivity index (χ2n) is 6.55. The highest BCUT2D eigenvalue weighted by Gasteiger charge is 2.27. The highest BCUT2D eigenvalue weighted by Crippen LogP contribution is 2.38. The first kappa shape index (κ1) is 15.7. The van der Waals surface area contributed by atoms with Crippen LogP contribution in [0, 0.1) is 0 Å². The molecule has 0 radical (unpaired) electrons. The zero-order valence-corrected chi connectivity index (χ0v) is 14.1. The van der Waals surface area contributed by atoms with Crippen LogP contribution in [0.1, 0.15) is 34.9 Å². The molecule has 8 heteroatoms. The minimum absolute atomic E-state index is 0.148. The van der Waals surface area contributed by atoms with Crippen molar-refractivity contribution in [3.8, 4) is 0 Å². The molecule has 1 amide bonds. The lowest BCUT2D eigenvalue weighted by molar-refractivity contribution is 0.0738. The molecule has 0 bridgehead atoms. The third-order valence-electron chi connectivity index (χ3n) is 4.74. The molecule has 0 atom stereocenters. The van der Waals surface area contributed by atoms with E-state index in [4.69, 9.17) is 0 Å². The number of nitrogens with zero attached hydrogens (tertiary/aromatic N) is 6. The number of anilines is 1. The molecule has 1 saturated carbocycles. The predicted octanol–water partition coefficient (Wildman–Crippen LogP) is 0.410. The van der Waals surface area contributed by atoms with E-state index in [0.717, 1.165) is 11.5 Å². The number of aryl methyl sites for hydroxylation is 1. The Balaban J connectivity index is 1.39. The number of hydrogen-bond acceptors (Lipinski definition) is 6. The summed E-state index contributed by atoms with van der Waals surface area (Å²) in [6.07, 6.45) is 2.43. The van der Waals surface area contributed by atoms with Gasteiger partial charge in [0.2, 0.25) is 0 Å². The van der Waals surface area contributed by atoms with Gasteiger partial charge in [-0.15, -0.1) is 5.10 Å². The van der Waals surface area contributed by atoms with Crippen molar-refractivity contribution in [1.29, 1.82) is 0 Å². The summed E-state index contributed by atoms with van der Waals surface area (Å²) in [6, 6.07) is 6.94. The quantitative estimate of drug-likeness (QED) is 0.805. The van der Waals surface area contributed by atoms with Gasteiger partial charge in [-0.3, -0.25) is 9.59 Å². The monoisotopic (exact) mass is 340 g/mol. The minimum Gasteiger partial charge on any atom is -0.352 e. The van der Waals surface area contributed by atoms with Crippen molar-refractivity contribution in [3.63, 3.8) is 0 Å². The normalized spacial score (nSPS) is 17.6. The largest absolute Gasteiger partial charge is 0.352 e. The fourth-order valence-corrected chi connectivity index (χ4v) is 3.02. The molecule has 1 aliphatic heterocycles. The number of amides is 1. The summed E-state index contributed by atoms with van der Waals surface area (Å²) in [6.45, 7) is 2.59. The molecule has 0 unspecified atom stereocenters. The summed E-state index contributed by atoms with van der Waals surface area (Å²) < 4.78 is 1.18. The van der Waals surface area contributed by atoms with Gasteiger partial charge in [-0.05, 0) is 31.0 Å². The van der Waals surface area contributed by atoms with Crippen molar-refractivity contribution < 1.29 is 4.79 Å². The molecule has 2 aromatic rings. The van der Waals surface area contributed by atoms with Gasteiger partial charge in [-0.1, -0.05) is 0 Å². The molecule has 130 valence electrons. The Morgan fingerprint density at radius 2 is 1.80 bits per heavy atom. The Hall–Kier alpha value is -2.77. The van der Waals surface area contributed by atoms with Crippen molar-refractivity contribution in [2.45, 2.75) is 18.8 Å². The van der Waals surface area contributed by atoms with Crippen LogP contribution in [0.15, 0.2) is 29.1 Å². The Morgan fingerprint density at radius 3 is 2.40 bits per heavy atom. The van der Waals surface area contributed by atoms with Gasteiger partial charge in [0.25, 0.3) is 11.5 Å². The van der Waals surface area contributed by atoms with E-state index < -0.39 is 0 Å². The highest BCUT2D eigenvalue weighted by molar-refractivity contribution is 5.92. The number of carbonyl (C=O) groups is 1. The van der Waals surface area contributed by atoms with Crippen LogP contribution in [0.3, 0.4) is 0 Å². The first-order valence-corrected chi connectivity index (χ1v) is 8.54. The molecule has 1 aliphatic carbocycles. The third kappa shape index (κ3) is 3.24. The van der Waals surface area contributed by atoms with Crippen LogP contribution in [0.4, 0.5) is 5.82 Å². The number of rotatable bonds is 3. The molecular formula is C17H20N6O2. The first-order chi connectivity index (χ1) is 12.1. The first-order valence-electron chi connectivity index (χ1n) is 8.54. The summed E-state index contributed by atoms with van der Waals surface area (Å²) >= 11 is 0. The lowest BCUT2D eigenvalue weighted by atomic mass is 10.2. The van der Waals surface area contributed by atoms with Gasteiger partial charge < -0.3 is 9.80 Å². The van der Waals surface area contributed by atoms with E-state index in [1.165, 1.54) is 29.7 Å². The Bertz CT molecular complexity index is 835. The second-order valence-corrected chi connectivity index (χ2v) is 6.55. The Kier molecular flexibility index (Phi) is 3.95. The van der Waals surface area contributed by atoms with Gasteiger partial charge in [0.05, 0.1) is 5.69 Å². The van der Waals surface area contributed by atoms with Crippen LogP contribution >= 0.6 is 0 Å². The van der Waals surface area contributed by atoms with Gasteiger partial charge >= 0.3 is 0 Å². The maximum Gasteiger partial charge on any atom is 0.274 e. The van der Waals surface area contributed by atoms with Crippen LogP contribution in [0.2, 0.25) is 0 Å². The zero-order chi connectivity index (χ0) is 17.4. The van der Waals surface area contributed by atoms with Gasteiger partial charge in [0.15, 0.2) is 5.82 Å². The maximum absolute atomic E-state index is 12.5. The predicted molar refractivity (Wildman–Crippen MR) is 91.6 cm³/mol. The Labute approximate surface area is 145 Å². The number of aromatic nitrogens is 4. The molecule has 0 N–H and O–H groups in total. The molecule has 4 rings (SSSR count). The average Bonchev–Trinajstić information content (AvgIpc) is 3.49. The third-order valence-corrected chi connectivity index (χ3v) is 4.74. The van der Waals surface area contributed by atoms with Crippen molar-refractivity contribution in [1.82, 2.24) is 24.9 Å². The van der Waals surface area contributed by atoms with E-state index >= 15 is 0 Å². The molecule has 25 heavy (non-hydrogen) atoms. The standard InChI is InChI=1S/C17H20N6O2/c1-21-16(24)7-5-14(20-21)17(25)23-10-8-22(9-11-23)15-6-4-13(18-19-15)12-2-3-12/h4-7,12H,2-3,8-11H2,1H3. The average molecular weight is 340 g/mol. The summed E-state index contributed by atoms with van der Waals surface area (Å²) in [7, 11) is 1.54. The lowest BCUT2D eigenvalue weighted by Crippen LogP contribution is -2.49. The van der Waals surface area contributed by atoms with Crippen LogP contribution in [-0.2, 0) is 7.05 Å². The molecule has 2 aliphatic rings.